The standard InChI is InChI=1S/C20H29N5O5/c1-11(2)7-14(26)29-8-13-16(27)17(28)20(30-13)25-10-23-15-18(21-9-22-19(15)25)24-12-5-3-4-6-12/h9-13,16-17,20,27-28H,3-8H2,1-2H3,(H,21,22,24)/t13?,16-,17-,20?/m1/s1. The first kappa shape index (κ1) is 21.0. The van der Waals surface area contributed by atoms with E-state index in [1.807, 2.05) is 13.8 Å². The Morgan fingerprint density at radius 1 is 1.27 bits per heavy atom. The molecule has 0 bridgehead atoms. The summed E-state index contributed by atoms with van der Waals surface area (Å²) in [4.78, 5) is 24.8. The molecule has 1 aliphatic heterocycles. The van der Waals surface area contributed by atoms with Gasteiger partial charge in [-0.1, -0.05) is 26.7 Å². The molecule has 0 aromatic carbocycles. The van der Waals surface area contributed by atoms with Gasteiger partial charge in [0, 0.05) is 12.5 Å². The number of carbonyl (C=O) groups excluding carboxylic acids is 1. The minimum atomic E-state index is -1.21. The van der Waals surface area contributed by atoms with Crippen molar-refractivity contribution in [1.29, 1.82) is 0 Å². The summed E-state index contributed by atoms with van der Waals surface area (Å²) in [7, 11) is 0. The van der Waals surface area contributed by atoms with E-state index in [0.29, 0.717) is 23.0 Å². The molecule has 10 heteroatoms. The van der Waals surface area contributed by atoms with Crippen LogP contribution in [-0.2, 0) is 14.3 Å². The summed E-state index contributed by atoms with van der Waals surface area (Å²) in [5, 5.41) is 24.4. The number of hydrogen-bond donors (Lipinski definition) is 3. The third kappa shape index (κ3) is 4.26. The fraction of sp³-hybridized carbons (Fsp3) is 0.700. The van der Waals surface area contributed by atoms with E-state index in [1.54, 1.807) is 4.57 Å². The lowest BCUT2D eigenvalue weighted by Gasteiger charge is -2.17. The number of fused-ring (bicyclic) bond motifs is 1. The lowest BCUT2D eigenvalue weighted by molar-refractivity contribution is -0.150. The largest absolute Gasteiger partial charge is 0.463 e. The zero-order valence-electron chi connectivity index (χ0n) is 17.3. The van der Waals surface area contributed by atoms with Crippen LogP contribution in [0.1, 0.15) is 52.2 Å². The molecule has 1 saturated heterocycles. The first-order chi connectivity index (χ1) is 14.4. The van der Waals surface area contributed by atoms with Gasteiger partial charge in [-0.15, -0.1) is 0 Å². The summed E-state index contributed by atoms with van der Waals surface area (Å²) in [5.74, 6) is 0.467. The van der Waals surface area contributed by atoms with Gasteiger partial charge in [-0.25, -0.2) is 15.0 Å². The second kappa shape index (κ2) is 8.83. The molecule has 2 aromatic heterocycles. The van der Waals surface area contributed by atoms with Gasteiger partial charge < -0.3 is 25.0 Å². The van der Waals surface area contributed by atoms with Gasteiger partial charge in [-0.05, 0) is 18.8 Å². The van der Waals surface area contributed by atoms with Gasteiger partial charge in [0.2, 0.25) is 0 Å². The average Bonchev–Trinajstić information content (AvgIpc) is 3.42. The van der Waals surface area contributed by atoms with Crippen LogP contribution in [-0.4, -0.2) is 66.7 Å². The number of ether oxygens (including phenoxy) is 2. The van der Waals surface area contributed by atoms with E-state index in [0.717, 1.165) is 12.8 Å². The topological polar surface area (TPSA) is 132 Å². The van der Waals surface area contributed by atoms with Crippen LogP contribution < -0.4 is 5.32 Å². The monoisotopic (exact) mass is 419 g/mol. The van der Waals surface area contributed by atoms with Gasteiger partial charge in [-0.3, -0.25) is 9.36 Å². The zero-order chi connectivity index (χ0) is 21.3. The number of imidazole rings is 1. The maximum atomic E-state index is 11.8. The summed E-state index contributed by atoms with van der Waals surface area (Å²) in [6.07, 6.45) is 3.70. The molecular weight excluding hydrogens is 390 g/mol. The average molecular weight is 419 g/mol. The molecule has 2 aliphatic rings. The zero-order valence-corrected chi connectivity index (χ0v) is 17.3. The van der Waals surface area contributed by atoms with Crippen molar-refractivity contribution in [2.45, 2.75) is 76.5 Å². The predicted molar refractivity (Wildman–Crippen MR) is 108 cm³/mol. The summed E-state index contributed by atoms with van der Waals surface area (Å²) >= 11 is 0. The molecule has 30 heavy (non-hydrogen) atoms. The fourth-order valence-corrected chi connectivity index (χ4v) is 4.07. The Balaban J connectivity index is 1.48. The van der Waals surface area contributed by atoms with E-state index >= 15 is 0 Å². The van der Waals surface area contributed by atoms with Gasteiger partial charge >= 0.3 is 5.97 Å². The summed E-state index contributed by atoms with van der Waals surface area (Å²) in [6, 6.07) is 0.369. The molecule has 0 spiro atoms. The Hall–Kier alpha value is -2.30. The van der Waals surface area contributed by atoms with E-state index in [2.05, 4.69) is 20.3 Å². The van der Waals surface area contributed by atoms with Gasteiger partial charge in [-0.2, -0.15) is 0 Å². The van der Waals surface area contributed by atoms with Gasteiger partial charge in [0.15, 0.2) is 23.2 Å². The van der Waals surface area contributed by atoms with Crippen molar-refractivity contribution in [1.82, 2.24) is 19.5 Å². The van der Waals surface area contributed by atoms with Crippen molar-refractivity contribution in [2.24, 2.45) is 5.92 Å². The molecule has 3 heterocycles. The SMILES string of the molecule is CC(C)CC(=O)OCC1OC(n2cnc3c(NC4CCCC4)ncnc32)[C@H](O)[C@@H]1O. The number of carbonyl (C=O) groups is 1. The van der Waals surface area contributed by atoms with Crippen molar-refractivity contribution >= 4 is 23.0 Å². The summed E-state index contributed by atoms with van der Waals surface area (Å²) < 4.78 is 12.6. The normalized spacial score (nSPS) is 27.2. The lowest BCUT2D eigenvalue weighted by atomic mass is 10.1. The minimum Gasteiger partial charge on any atom is -0.463 e. The molecular formula is C20H29N5O5. The summed E-state index contributed by atoms with van der Waals surface area (Å²) in [5.41, 5.74) is 1.08. The highest BCUT2D eigenvalue weighted by Crippen LogP contribution is 2.33. The number of aromatic nitrogens is 4. The molecule has 2 fully saturated rings. The maximum absolute atomic E-state index is 11.8. The molecule has 2 aromatic rings. The van der Waals surface area contributed by atoms with Crippen LogP contribution in [0.2, 0.25) is 0 Å². The minimum absolute atomic E-state index is 0.129. The highest BCUT2D eigenvalue weighted by atomic mass is 16.6. The smallest absolute Gasteiger partial charge is 0.306 e. The second-order valence-corrected chi connectivity index (χ2v) is 8.50. The number of rotatable bonds is 7. The molecule has 2 unspecified atom stereocenters. The first-order valence-corrected chi connectivity index (χ1v) is 10.6. The predicted octanol–water partition coefficient (Wildman–Crippen LogP) is 1.39. The van der Waals surface area contributed by atoms with Crippen molar-refractivity contribution in [3.8, 4) is 0 Å². The number of nitrogens with one attached hydrogen (secondary N) is 1. The van der Waals surface area contributed by atoms with Crippen LogP contribution in [0.25, 0.3) is 11.2 Å². The van der Waals surface area contributed by atoms with Crippen LogP contribution in [0.5, 0.6) is 0 Å². The number of anilines is 1. The second-order valence-electron chi connectivity index (χ2n) is 8.50. The number of hydrogen-bond acceptors (Lipinski definition) is 9. The molecule has 0 amide bonds. The number of aliphatic hydroxyl groups is 2. The fourth-order valence-electron chi connectivity index (χ4n) is 4.07. The highest BCUT2D eigenvalue weighted by molar-refractivity contribution is 5.82. The van der Waals surface area contributed by atoms with Crippen molar-refractivity contribution in [3.05, 3.63) is 12.7 Å². The van der Waals surface area contributed by atoms with Crippen LogP contribution >= 0.6 is 0 Å². The van der Waals surface area contributed by atoms with Gasteiger partial charge in [0.1, 0.15) is 31.2 Å². The molecule has 3 N–H and O–H groups in total. The van der Waals surface area contributed by atoms with Gasteiger partial charge in [0.25, 0.3) is 0 Å². The molecule has 164 valence electrons. The Morgan fingerprint density at radius 2 is 2.03 bits per heavy atom. The van der Waals surface area contributed by atoms with Crippen molar-refractivity contribution in [3.63, 3.8) is 0 Å². The van der Waals surface area contributed by atoms with E-state index < -0.39 is 24.5 Å². The Labute approximate surface area is 174 Å². The quantitative estimate of drug-likeness (QED) is 0.570. The number of nitrogens with zero attached hydrogens (tertiary/aromatic N) is 4. The third-order valence-electron chi connectivity index (χ3n) is 5.65. The van der Waals surface area contributed by atoms with Crippen LogP contribution in [0.15, 0.2) is 12.7 Å². The molecule has 4 rings (SSSR count). The highest BCUT2D eigenvalue weighted by Gasteiger charge is 2.45. The van der Waals surface area contributed by atoms with E-state index in [9.17, 15) is 15.0 Å². The summed E-state index contributed by atoms with van der Waals surface area (Å²) in [6.45, 7) is 3.71. The molecule has 1 saturated carbocycles. The van der Waals surface area contributed by atoms with Crippen molar-refractivity contribution < 1.29 is 24.5 Å². The number of aliphatic hydroxyl groups excluding tert-OH is 2. The van der Waals surface area contributed by atoms with E-state index in [-0.39, 0.29) is 24.9 Å². The maximum Gasteiger partial charge on any atom is 0.306 e. The van der Waals surface area contributed by atoms with Crippen LogP contribution in [0.3, 0.4) is 0 Å². The Morgan fingerprint density at radius 3 is 2.77 bits per heavy atom. The van der Waals surface area contributed by atoms with Crippen molar-refractivity contribution in [2.75, 3.05) is 11.9 Å². The third-order valence-corrected chi connectivity index (χ3v) is 5.65. The number of esters is 1. The first-order valence-electron chi connectivity index (χ1n) is 10.6. The van der Waals surface area contributed by atoms with Crippen LogP contribution in [0, 0.1) is 5.92 Å². The molecule has 0 radical (unpaired) electrons. The molecule has 1 aliphatic carbocycles. The lowest BCUT2D eigenvalue weighted by Crippen LogP contribution is -2.34. The Bertz CT molecular complexity index is 882. The van der Waals surface area contributed by atoms with E-state index in [1.165, 1.54) is 25.5 Å². The van der Waals surface area contributed by atoms with Gasteiger partial charge in [0.05, 0.1) is 6.33 Å². The molecule has 10 nitrogen and oxygen atoms in total. The van der Waals surface area contributed by atoms with Crippen LogP contribution in [0.4, 0.5) is 5.82 Å². The van der Waals surface area contributed by atoms with E-state index in [4.69, 9.17) is 9.47 Å². The Kier molecular flexibility index (Phi) is 6.16. The molecule has 4 atom stereocenters.